The zero-order valence-corrected chi connectivity index (χ0v) is 20.5. The number of rotatable bonds is 7. The van der Waals surface area contributed by atoms with Gasteiger partial charge in [0.05, 0.1) is 0 Å². The minimum atomic E-state index is -0.526. The van der Waals surface area contributed by atoms with Crippen molar-refractivity contribution in [2.75, 3.05) is 13.1 Å². The van der Waals surface area contributed by atoms with Gasteiger partial charge in [-0.05, 0) is 93.7 Å². The summed E-state index contributed by atoms with van der Waals surface area (Å²) >= 11 is 0. The van der Waals surface area contributed by atoms with Gasteiger partial charge in [0.1, 0.15) is 11.2 Å². The highest BCUT2D eigenvalue weighted by molar-refractivity contribution is 5.88. The third kappa shape index (κ3) is 5.02. The molecular formula is C29H38N2O2. The Labute approximate surface area is 198 Å². The number of nitrogens with two attached hydrogens (primary N) is 2. The van der Waals surface area contributed by atoms with Crippen molar-refractivity contribution in [3.05, 3.63) is 65.3 Å². The molecule has 0 bridgehead atoms. The Balaban J connectivity index is 1.98. The molecule has 0 spiro atoms. The zero-order valence-electron chi connectivity index (χ0n) is 20.5. The fourth-order valence-corrected chi connectivity index (χ4v) is 4.56. The van der Waals surface area contributed by atoms with E-state index in [1.807, 2.05) is 27.7 Å². The average molecular weight is 447 g/mol. The lowest BCUT2D eigenvalue weighted by molar-refractivity contribution is 0.0849. The van der Waals surface area contributed by atoms with E-state index in [1.165, 1.54) is 33.4 Å². The Kier molecular flexibility index (Phi) is 6.69. The van der Waals surface area contributed by atoms with Crippen LogP contribution in [0.5, 0.6) is 11.5 Å². The number of allylic oxidation sites excluding steroid dienone is 4. The molecule has 4 N–H and O–H groups in total. The van der Waals surface area contributed by atoms with Crippen LogP contribution >= 0.6 is 0 Å². The third-order valence-electron chi connectivity index (χ3n) is 6.57. The second-order valence-electron chi connectivity index (χ2n) is 10.4. The largest absolute Gasteiger partial charge is 0.483 e. The predicted octanol–water partition coefficient (Wildman–Crippen LogP) is 6.00. The number of ether oxygens (including phenoxy) is 2. The summed E-state index contributed by atoms with van der Waals surface area (Å²) in [5.41, 5.74) is 18.8. The molecule has 2 aliphatic carbocycles. The molecule has 0 saturated carbocycles. The maximum Gasteiger partial charge on any atom is 0.169 e. The van der Waals surface area contributed by atoms with E-state index in [0.717, 1.165) is 43.6 Å². The Morgan fingerprint density at radius 3 is 2.30 bits per heavy atom. The first-order valence-electron chi connectivity index (χ1n) is 12.2. The second-order valence-corrected chi connectivity index (χ2v) is 10.4. The van der Waals surface area contributed by atoms with Gasteiger partial charge < -0.3 is 20.9 Å². The molecule has 0 aliphatic heterocycles. The fraction of sp³-hybridized carbons (Fsp3) is 0.448. The van der Waals surface area contributed by atoms with E-state index >= 15 is 0 Å². The summed E-state index contributed by atoms with van der Waals surface area (Å²) in [6.45, 7) is 8.92. The van der Waals surface area contributed by atoms with E-state index in [0.29, 0.717) is 13.1 Å². The van der Waals surface area contributed by atoms with Crippen molar-refractivity contribution in [2.45, 2.75) is 71.0 Å². The molecular weight excluding hydrogens is 408 g/mol. The molecule has 0 amide bonds. The van der Waals surface area contributed by atoms with E-state index in [2.05, 4.69) is 48.6 Å². The molecule has 0 saturated heterocycles. The summed E-state index contributed by atoms with van der Waals surface area (Å²) in [5.74, 6) is 1.55. The molecule has 4 rings (SSSR count). The molecule has 0 fully saturated rings. The number of hydrogen-bond donors (Lipinski definition) is 2. The van der Waals surface area contributed by atoms with Gasteiger partial charge in [0.25, 0.3) is 0 Å². The van der Waals surface area contributed by atoms with Gasteiger partial charge in [-0.15, -0.1) is 0 Å². The first-order chi connectivity index (χ1) is 15.7. The van der Waals surface area contributed by atoms with Crippen molar-refractivity contribution in [3.8, 4) is 22.6 Å². The van der Waals surface area contributed by atoms with Crippen molar-refractivity contribution in [3.63, 3.8) is 0 Å². The van der Waals surface area contributed by atoms with Crippen molar-refractivity contribution < 1.29 is 9.47 Å². The van der Waals surface area contributed by atoms with Crippen LogP contribution in [0.15, 0.2) is 48.6 Å². The minimum absolute atomic E-state index is 0.406. The number of benzene rings is 2. The Bertz CT molecular complexity index is 1080. The van der Waals surface area contributed by atoms with Gasteiger partial charge in [0.15, 0.2) is 11.5 Å². The lowest BCUT2D eigenvalue weighted by Crippen LogP contribution is -2.39. The molecule has 0 unspecified atom stereocenters. The van der Waals surface area contributed by atoms with Gasteiger partial charge in [-0.2, -0.15) is 0 Å². The van der Waals surface area contributed by atoms with E-state index < -0.39 is 11.2 Å². The smallest absolute Gasteiger partial charge is 0.169 e. The molecule has 0 aromatic heterocycles. The van der Waals surface area contributed by atoms with E-state index in [1.54, 1.807) is 0 Å². The maximum absolute atomic E-state index is 6.70. The summed E-state index contributed by atoms with van der Waals surface area (Å²) < 4.78 is 13.3. The van der Waals surface area contributed by atoms with Gasteiger partial charge in [0.2, 0.25) is 0 Å². The first-order valence-corrected chi connectivity index (χ1v) is 12.2. The number of fused-ring (bicyclic) bond motifs is 3. The minimum Gasteiger partial charge on any atom is -0.483 e. The molecule has 0 atom stereocenters. The van der Waals surface area contributed by atoms with Crippen LogP contribution in [0.1, 0.15) is 70.1 Å². The highest BCUT2D eigenvalue weighted by atomic mass is 16.5. The molecule has 2 aromatic carbocycles. The Hall–Kier alpha value is -2.56. The van der Waals surface area contributed by atoms with E-state index in [4.69, 9.17) is 20.9 Å². The highest BCUT2D eigenvalue weighted by Gasteiger charge is 2.33. The number of hydrogen-bond acceptors (Lipinski definition) is 4. The molecule has 0 radical (unpaired) electrons. The third-order valence-corrected chi connectivity index (χ3v) is 6.57. The summed E-state index contributed by atoms with van der Waals surface area (Å²) in [6.07, 6.45) is 11.9. The maximum atomic E-state index is 6.70. The Morgan fingerprint density at radius 1 is 0.848 bits per heavy atom. The van der Waals surface area contributed by atoms with Crippen LogP contribution in [-0.2, 0) is 6.42 Å². The molecule has 2 aromatic rings. The van der Waals surface area contributed by atoms with Gasteiger partial charge in [0, 0.05) is 18.7 Å². The topological polar surface area (TPSA) is 70.5 Å². The molecule has 4 nitrogen and oxygen atoms in total. The fourth-order valence-electron chi connectivity index (χ4n) is 4.56. The molecule has 2 aliphatic rings. The van der Waals surface area contributed by atoms with Crippen LogP contribution in [0.2, 0.25) is 0 Å². The van der Waals surface area contributed by atoms with Crippen LogP contribution in [-0.4, -0.2) is 24.3 Å². The Morgan fingerprint density at radius 2 is 1.55 bits per heavy atom. The van der Waals surface area contributed by atoms with Crippen molar-refractivity contribution >= 4 is 5.57 Å². The van der Waals surface area contributed by atoms with Crippen molar-refractivity contribution in [2.24, 2.45) is 11.5 Å². The molecule has 176 valence electrons. The average Bonchev–Trinajstić information content (AvgIpc) is 3.12. The van der Waals surface area contributed by atoms with E-state index in [-0.39, 0.29) is 0 Å². The summed E-state index contributed by atoms with van der Waals surface area (Å²) in [4.78, 5) is 0. The highest BCUT2D eigenvalue weighted by Crippen LogP contribution is 2.51. The SMILES string of the molecule is CC(C)(CN)Oc1cc2c(c(C3=CCCC=CCC3)c1OC(C)(C)CN)Cc1ccccc1-2. The van der Waals surface area contributed by atoms with Crippen LogP contribution in [0.3, 0.4) is 0 Å². The lowest BCUT2D eigenvalue weighted by Gasteiger charge is -2.32. The second kappa shape index (κ2) is 9.36. The van der Waals surface area contributed by atoms with Gasteiger partial charge in [-0.25, -0.2) is 0 Å². The quantitative estimate of drug-likeness (QED) is 0.437. The van der Waals surface area contributed by atoms with Crippen LogP contribution in [0, 0.1) is 0 Å². The van der Waals surface area contributed by atoms with Gasteiger partial charge in [-0.3, -0.25) is 0 Å². The van der Waals surface area contributed by atoms with Crippen LogP contribution < -0.4 is 20.9 Å². The van der Waals surface area contributed by atoms with Gasteiger partial charge in [-0.1, -0.05) is 42.5 Å². The zero-order chi connectivity index (χ0) is 23.6. The predicted molar refractivity (Wildman–Crippen MR) is 138 cm³/mol. The standard InChI is InChI=1S/C29H38N2O2/c1-28(2,18-30)32-25-17-23-22-15-11-10-14-21(22)16-24(23)26(27(25)33-29(3,4)19-31)20-12-8-6-5-7-9-13-20/h5-6,10-11,13-15,17H,7-9,12,16,18-19,30-31H2,1-4H3. The summed E-state index contributed by atoms with van der Waals surface area (Å²) in [5, 5.41) is 0. The summed E-state index contributed by atoms with van der Waals surface area (Å²) in [6, 6.07) is 10.8. The van der Waals surface area contributed by atoms with Crippen molar-refractivity contribution in [1.82, 2.24) is 0 Å². The molecule has 33 heavy (non-hydrogen) atoms. The summed E-state index contributed by atoms with van der Waals surface area (Å²) in [7, 11) is 0. The normalized spacial score (nSPS) is 15.9. The van der Waals surface area contributed by atoms with Gasteiger partial charge >= 0.3 is 0 Å². The van der Waals surface area contributed by atoms with Crippen LogP contribution in [0.25, 0.3) is 16.7 Å². The van der Waals surface area contributed by atoms with E-state index in [9.17, 15) is 0 Å². The molecule has 4 heteroatoms. The first kappa shape index (κ1) is 23.6. The van der Waals surface area contributed by atoms with Crippen LogP contribution in [0.4, 0.5) is 0 Å². The molecule has 0 heterocycles. The monoisotopic (exact) mass is 446 g/mol. The lowest BCUT2D eigenvalue weighted by atomic mass is 9.89. The van der Waals surface area contributed by atoms with Crippen molar-refractivity contribution in [1.29, 1.82) is 0 Å².